The number of sulfonamides is 1. The average molecular weight is 460 g/mol. The van der Waals surface area contributed by atoms with Crippen molar-refractivity contribution in [2.45, 2.75) is 24.6 Å². The fourth-order valence-electron chi connectivity index (χ4n) is 3.63. The van der Waals surface area contributed by atoms with E-state index in [1.54, 1.807) is 24.3 Å². The summed E-state index contributed by atoms with van der Waals surface area (Å²) in [5.41, 5.74) is 1.41. The molecule has 1 saturated heterocycles. The summed E-state index contributed by atoms with van der Waals surface area (Å²) >= 11 is 5.82. The zero-order valence-corrected chi connectivity index (χ0v) is 17.8. The minimum absolute atomic E-state index is 0.0499. The summed E-state index contributed by atoms with van der Waals surface area (Å²) < 4.78 is 27.5. The lowest BCUT2D eigenvalue weighted by molar-refractivity contribution is -0.125. The van der Waals surface area contributed by atoms with Crippen LogP contribution in [0.1, 0.15) is 39.1 Å². The number of hydrogen-bond donors (Lipinski definition) is 2. The van der Waals surface area contributed by atoms with Crippen LogP contribution in [-0.2, 0) is 20.6 Å². The Morgan fingerprint density at radius 3 is 2.42 bits per heavy atom. The topological polar surface area (TPSA) is 113 Å². The molecule has 2 aliphatic heterocycles. The molecule has 0 bridgehead atoms. The van der Waals surface area contributed by atoms with Crippen LogP contribution in [0.3, 0.4) is 0 Å². The molecule has 10 heteroatoms. The Morgan fingerprint density at radius 2 is 1.74 bits per heavy atom. The fourth-order valence-corrected chi connectivity index (χ4v) is 4.95. The van der Waals surface area contributed by atoms with Gasteiger partial charge in [0.1, 0.15) is 6.04 Å². The van der Waals surface area contributed by atoms with Gasteiger partial charge in [-0.05, 0) is 48.7 Å². The third-order valence-corrected chi connectivity index (χ3v) is 6.61. The predicted octanol–water partition coefficient (Wildman–Crippen LogP) is 2.67. The molecule has 8 nitrogen and oxygen atoms in total. The molecule has 2 aromatic rings. The molecule has 160 valence electrons. The molecule has 0 saturated carbocycles. The summed E-state index contributed by atoms with van der Waals surface area (Å²) in [6.45, 7) is 3.69. The van der Waals surface area contributed by atoms with Gasteiger partial charge in [-0.2, -0.15) is 0 Å². The second-order valence-electron chi connectivity index (χ2n) is 7.38. The second-order valence-corrected chi connectivity index (χ2v) is 9.53. The minimum Gasteiger partial charge on any atom is -0.329 e. The number of nitrogens with one attached hydrogen (secondary N) is 2. The Labute approximate surface area is 183 Å². The normalized spacial score (nSPS) is 18.7. The molecule has 2 heterocycles. The van der Waals surface area contributed by atoms with E-state index < -0.39 is 33.8 Å². The third-order valence-electron chi connectivity index (χ3n) is 5.10. The van der Waals surface area contributed by atoms with E-state index in [0.717, 1.165) is 4.90 Å². The molecule has 4 rings (SSSR count). The number of allylic oxidation sites excluding steroid dienone is 1. The van der Waals surface area contributed by atoms with Gasteiger partial charge in [-0.1, -0.05) is 30.3 Å². The number of piperidine rings is 1. The van der Waals surface area contributed by atoms with Gasteiger partial charge >= 0.3 is 0 Å². The highest BCUT2D eigenvalue weighted by molar-refractivity contribution is 7.91. The van der Waals surface area contributed by atoms with Crippen molar-refractivity contribution < 1.29 is 22.8 Å². The van der Waals surface area contributed by atoms with Gasteiger partial charge in [-0.25, -0.2) is 8.42 Å². The summed E-state index contributed by atoms with van der Waals surface area (Å²) in [5, 5.41) is 3.06. The molecular weight excluding hydrogens is 442 g/mol. The van der Waals surface area contributed by atoms with Crippen molar-refractivity contribution >= 4 is 45.0 Å². The average Bonchev–Trinajstić information content (AvgIpc) is 2.94. The van der Waals surface area contributed by atoms with Gasteiger partial charge in [0.15, 0.2) is 0 Å². The van der Waals surface area contributed by atoms with Gasteiger partial charge in [0.25, 0.3) is 11.8 Å². The molecular formula is C21H18ClN3O5S. The Morgan fingerprint density at radius 1 is 1.06 bits per heavy atom. The van der Waals surface area contributed by atoms with E-state index >= 15 is 0 Å². The number of fused-ring (bicyclic) bond motifs is 1. The number of imide groups is 1. The SMILES string of the molecule is C=C1CCC(N2C(=O)c3ccc(NS(=O)(=O)Cc4ccc(Cl)cc4)cc3C2=O)C(=O)N1. The number of anilines is 1. The van der Waals surface area contributed by atoms with Crippen LogP contribution in [0.4, 0.5) is 5.69 Å². The van der Waals surface area contributed by atoms with Crippen LogP contribution in [0.25, 0.3) is 0 Å². The standard InChI is InChI=1S/C21H18ClN3O5S/c1-12-2-9-18(19(26)23-12)25-20(27)16-8-7-15(10-17(16)21(25)28)24-31(29,30)11-13-3-5-14(22)6-4-13/h3-8,10,18,24H,1-2,9,11H2,(H,23,26). The van der Waals surface area contributed by atoms with Crippen molar-refractivity contribution in [1.29, 1.82) is 0 Å². The molecule has 0 radical (unpaired) electrons. The first-order valence-electron chi connectivity index (χ1n) is 9.40. The second kappa shape index (κ2) is 7.82. The van der Waals surface area contributed by atoms with E-state index in [1.807, 2.05) is 0 Å². The summed E-state index contributed by atoms with van der Waals surface area (Å²) in [4.78, 5) is 38.8. The van der Waals surface area contributed by atoms with Crippen molar-refractivity contribution in [2.24, 2.45) is 0 Å². The van der Waals surface area contributed by atoms with Crippen molar-refractivity contribution in [3.05, 3.63) is 76.5 Å². The largest absolute Gasteiger partial charge is 0.329 e. The molecule has 1 fully saturated rings. The first-order chi connectivity index (χ1) is 14.6. The zero-order chi connectivity index (χ0) is 22.3. The number of carbonyl (C=O) groups is 3. The molecule has 0 aromatic heterocycles. The lowest BCUT2D eigenvalue weighted by Gasteiger charge is -2.29. The molecule has 1 unspecified atom stereocenters. The molecule has 0 spiro atoms. The third kappa shape index (κ3) is 4.19. The number of nitrogens with zero attached hydrogens (tertiary/aromatic N) is 1. The number of carbonyl (C=O) groups excluding carboxylic acids is 3. The van der Waals surface area contributed by atoms with Crippen LogP contribution in [0.15, 0.2) is 54.7 Å². The van der Waals surface area contributed by atoms with Crippen LogP contribution in [0, 0.1) is 0 Å². The van der Waals surface area contributed by atoms with Crippen LogP contribution in [-0.4, -0.2) is 37.1 Å². The van der Waals surface area contributed by atoms with Gasteiger partial charge < -0.3 is 5.32 Å². The highest BCUT2D eigenvalue weighted by Crippen LogP contribution is 2.30. The Bertz CT molecular complexity index is 1220. The van der Waals surface area contributed by atoms with E-state index in [-0.39, 0.29) is 29.0 Å². The predicted molar refractivity (Wildman–Crippen MR) is 115 cm³/mol. The highest BCUT2D eigenvalue weighted by Gasteiger charge is 2.44. The summed E-state index contributed by atoms with van der Waals surface area (Å²) in [6, 6.07) is 9.58. The van der Waals surface area contributed by atoms with Crippen molar-refractivity contribution in [3.8, 4) is 0 Å². The molecule has 31 heavy (non-hydrogen) atoms. The molecule has 3 amide bonds. The Hall–Kier alpha value is -3.17. The number of hydrogen-bond acceptors (Lipinski definition) is 5. The summed E-state index contributed by atoms with van der Waals surface area (Å²) in [5.74, 6) is -1.96. The van der Waals surface area contributed by atoms with Crippen LogP contribution in [0.2, 0.25) is 5.02 Å². The van der Waals surface area contributed by atoms with E-state index in [9.17, 15) is 22.8 Å². The van der Waals surface area contributed by atoms with E-state index in [2.05, 4.69) is 16.6 Å². The maximum absolute atomic E-state index is 12.9. The number of rotatable bonds is 5. The van der Waals surface area contributed by atoms with E-state index in [4.69, 9.17) is 11.6 Å². The lowest BCUT2D eigenvalue weighted by Crippen LogP contribution is -2.51. The van der Waals surface area contributed by atoms with Crippen LogP contribution < -0.4 is 10.0 Å². The molecule has 2 aromatic carbocycles. The van der Waals surface area contributed by atoms with E-state index in [0.29, 0.717) is 22.7 Å². The van der Waals surface area contributed by atoms with Gasteiger partial charge in [0, 0.05) is 16.4 Å². The smallest absolute Gasteiger partial charge is 0.262 e. The van der Waals surface area contributed by atoms with Crippen molar-refractivity contribution in [1.82, 2.24) is 10.2 Å². The molecule has 0 aliphatic carbocycles. The lowest BCUT2D eigenvalue weighted by atomic mass is 10.0. The highest BCUT2D eigenvalue weighted by atomic mass is 35.5. The van der Waals surface area contributed by atoms with Crippen molar-refractivity contribution in [3.63, 3.8) is 0 Å². The zero-order valence-electron chi connectivity index (χ0n) is 16.2. The molecule has 2 N–H and O–H groups in total. The maximum atomic E-state index is 12.9. The minimum atomic E-state index is -3.77. The summed E-state index contributed by atoms with van der Waals surface area (Å²) in [7, 11) is -3.77. The Balaban J connectivity index is 1.55. The van der Waals surface area contributed by atoms with Gasteiger partial charge in [-0.15, -0.1) is 0 Å². The summed E-state index contributed by atoms with van der Waals surface area (Å²) in [6.07, 6.45) is 0.746. The van der Waals surface area contributed by atoms with Crippen molar-refractivity contribution in [2.75, 3.05) is 4.72 Å². The van der Waals surface area contributed by atoms with E-state index in [1.165, 1.54) is 18.2 Å². The first-order valence-corrected chi connectivity index (χ1v) is 11.4. The molecule has 2 aliphatic rings. The number of benzene rings is 2. The van der Waals surface area contributed by atoms with Gasteiger partial charge in [0.05, 0.1) is 16.9 Å². The van der Waals surface area contributed by atoms with Gasteiger partial charge in [0.2, 0.25) is 15.9 Å². The quantitative estimate of drug-likeness (QED) is 0.667. The van der Waals surface area contributed by atoms with Crippen LogP contribution in [0.5, 0.6) is 0 Å². The number of amides is 3. The van der Waals surface area contributed by atoms with Crippen LogP contribution >= 0.6 is 11.6 Å². The number of halogens is 1. The fraction of sp³-hybridized carbons (Fsp3) is 0.190. The molecule has 1 atom stereocenters. The first kappa shape index (κ1) is 21.1. The monoisotopic (exact) mass is 459 g/mol. The Kier molecular flexibility index (Phi) is 5.32. The maximum Gasteiger partial charge on any atom is 0.262 e. The van der Waals surface area contributed by atoms with Gasteiger partial charge in [-0.3, -0.25) is 24.0 Å².